The van der Waals surface area contributed by atoms with Gasteiger partial charge in [0.1, 0.15) is 0 Å². The quantitative estimate of drug-likeness (QED) is 0.333. The van der Waals surface area contributed by atoms with E-state index >= 15 is 0 Å². The van der Waals surface area contributed by atoms with E-state index in [1.54, 1.807) is 14.2 Å². The molecule has 0 atom stereocenters. The molecule has 0 amide bonds. The molecule has 0 aromatic carbocycles. The van der Waals surface area contributed by atoms with Gasteiger partial charge in [0.15, 0.2) is 0 Å². The van der Waals surface area contributed by atoms with Crippen LogP contribution in [0.3, 0.4) is 0 Å². The Bertz CT molecular complexity index is 155. The summed E-state index contributed by atoms with van der Waals surface area (Å²) in [5, 5.41) is 3.13. The summed E-state index contributed by atoms with van der Waals surface area (Å²) in [6, 6.07) is 1.10. The summed E-state index contributed by atoms with van der Waals surface area (Å²) in [5.74, 6) is 0. The van der Waals surface area contributed by atoms with Crippen molar-refractivity contribution in [2.75, 3.05) is 27.4 Å². The highest BCUT2D eigenvalue weighted by atomic mass is 28.4. The number of nitrogens with two attached hydrogens (primary N) is 1. The van der Waals surface area contributed by atoms with Gasteiger partial charge in [-0.2, -0.15) is 0 Å². The lowest BCUT2D eigenvalue weighted by Crippen LogP contribution is -2.35. The predicted molar refractivity (Wildman–Crippen MR) is 70.6 cm³/mol. The minimum atomic E-state index is -1.81. The first-order valence-electron chi connectivity index (χ1n) is 6.19. The molecule has 4 nitrogen and oxygen atoms in total. The zero-order chi connectivity index (χ0) is 12.3. The van der Waals surface area contributed by atoms with Crippen LogP contribution in [0.4, 0.5) is 0 Å². The monoisotopic (exact) mass is 248 g/mol. The van der Waals surface area contributed by atoms with Gasteiger partial charge in [0.2, 0.25) is 0 Å². The third kappa shape index (κ3) is 8.24. The average molecular weight is 248 g/mol. The fourth-order valence-electron chi connectivity index (χ4n) is 1.62. The maximum atomic E-state index is 5.44. The van der Waals surface area contributed by atoms with Gasteiger partial charge in [-0.25, -0.2) is 0 Å². The molecule has 5 heteroatoms. The van der Waals surface area contributed by atoms with Crippen LogP contribution in [0.1, 0.15) is 32.1 Å². The molecule has 0 unspecified atom stereocenters. The minimum absolute atomic E-state index is 0.589. The second-order valence-corrected chi connectivity index (χ2v) is 7.85. The van der Waals surface area contributed by atoms with Crippen LogP contribution in [-0.2, 0) is 8.85 Å². The van der Waals surface area contributed by atoms with E-state index in [1.165, 1.54) is 32.1 Å². The lowest BCUT2D eigenvalue weighted by molar-refractivity contribution is 0.248. The molecule has 0 radical (unpaired) electrons. The number of rotatable bonds is 11. The molecule has 0 aliphatic carbocycles. The van der Waals surface area contributed by atoms with E-state index in [2.05, 4.69) is 11.9 Å². The standard InChI is InChI=1S/C11H28N2O2Si/c1-14-16(3,15-2)10-8-6-4-5-7-9-13-11-12/h13H,4-12H2,1-3H3. The number of unbranched alkanes of at least 4 members (excludes halogenated alkanes) is 4. The molecule has 0 bridgehead atoms. The van der Waals surface area contributed by atoms with Crippen LogP contribution in [0, 0.1) is 0 Å². The molecule has 16 heavy (non-hydrogen) atoms. The van der Waals surface area contributed by atoms with Gasteiger partial charge in [-0.15, -0.1) is 0 Å². The van der Waals surface area contributed by atoms with Gasteiger partial charge in [-0.1, -0.05) is 25.7 Å². The topological polar surface area (TPSA) is 56.5 Å². The molecule has 0 aliphatic heterocycles. The molecule has 0 saturated heterocycles. The lowest BCUT2D eigenvalue weighted by atomic mass is 10.1. The van der Waals surface area contributed by atoms with Crippen molar-refractivity contribution in [3.63, 3.8) is 0 Å². The van der Waals surface area contributed by atoms with Crippen molar-refractivity contribution in [2.24, 2.45) is 5.73 Å². The minimum Gasteiger partial charge on any atom is -0.398 e. The van der Waals surface area contributed by atoms with E-state index in [0.717, 1.165) is 12.6 Å². The molecular formula is C11H28N2O2Si. The average Bonchev–Trinajstić information content (AvgIpc) is 2.32. The van der Waals surface area contributed by atoms with Crippen molar-refractivity contribution in [3.8, 4) is 0 Å². The first-order chi connectivity index (χ1) is 7.68. The molecule has 3 N–H and O–H groups in total. The maximum Gasteiger partial charge on any atom is 0.334 e. The molecule has 0 rings (SSSR count). The highest BCUT2D eigenvalue weighted by molar-refractivity contribution is 6.65. The molecule has 0 heterocycles. The summed E-state index contributed by atoms with van der Waals surface area (Å²) in [6.45, 7) is 3.75. The molecule has 0 aromatic rings. The van der Waals surface area contributed by atoms with E-state index < -0.39 is 8.56 Å². The van der Waals surface area contributed by atoms with E-state index in [9.17, 15) is 0 Å². The summed E-state index contributed by atoms with van der Waals surface area (Å²) in [5.41, 5.74) is 5.34. The largest absolute Gasteiger partial charge is 0.398 e. The third-order valence-corrected chi connectivity index (χ3v) is 5.98. The van der Waals surface area contributed by atoms with Gasteiger partial charge < -0.3 is 19.9 Å². The summed E-state index contributed by atoms with van der Waals surface area (Å²) in [6.07, 6.45) is 6.29. The normalized spacial score (nSPS) is 12.0. The van der Waals surface area contributed by atoms with Crippen molar-refractivity contribution in [1.82, 2.24) is 5.32 Å². The zero-order valence-corrected chi connectivity index (χ0v) is 12.1. The Labute approximate surface area is 101 Å². The fourth-order valence-corrected chi connectivity index (χ4v) is 3.08. The van der Waals surface area contributed by atoms with Crippen molar-refractivity contribution < 1.29 is 8.85 Å². The van der Waals surface area contributed by atoms with Crippen LogP contribution >= 0.6 is 0 Å². The van der Waals surface area contributed by atoms with Crippen LogP contribution in [0.15, 0.2) is 0 Å². The summed E-state index contributed by atoms with van der Waals surface area (Å²) >= 11 is 0. The second-order valence-electron chi connectivity index (χ2n) is 4.26. The highest BCUT2D eigenvalue weighted by Crippen LogP contribution is 2.16. The molecule has 98 valence electrons. The first-order valence-corrected chi connectivity index (χ1v) is 8.72. The van der Waals surface area contributed by atoms with Gasteiger partial charge in [0.25, 0.3) is 0 Å². The molecule has 0 fully saturated rings. The van der Waals surface area contributed by atoms with E-state index in [1.807, 2.05) is 0 Å². The van der Waals surface area contributed by atoms with Crippen LogP contribution in [0.2, 0.25) is 12.6 Å². The smallest absolute Gasteiger partial charge is 0.334 e. The predicted octanol–water partition coefficient (Wildman–Crippen LogP) is 1.81. The Morgan fingerprint density at radius 1 is 1.00 bits per heavy atom. The molecule has 0 aromatic heterocycles. The second kappa shape index (κ2) is 10.2. The van der Waals surface area contributed by atoms with Crippen molar-refractivity contribution in [1.29, 1.82) is 0 Å². The molecule has 0 aliphatic rings. The van der Waals surface area contributed by atoms with Crippen molar-refractivity contribution >= 4 is 8.56 Å². The Balaban J connectivity index is 3.26. The van der Waals surface area contributed by atoms with Gasteiger partial charge in [-0.3, -0.25) is 0 Å². The Kier molecular flexibility index (Phi) is 10.3. The van der Waals surface area contributed by atoms with Gasteiger partial charge in [0.05, 0.1) is 0 Å². The van der Waals surface area contributed by atoms with Crippen LogP contribution in [-0.4, -0.2) is 36.0 Å². The number of nitrogens with one attached hydrogen (secondary N) is 1. The van der Waals surface area contributed by atoms with Crippen molar-refractivity contribution in [2.45, 2.75) is 44.7 Å². The van der Waals surface area contributed by atoms with Crippen LogP contribution in [0.25, 0.3) is 0 Å². The number of hydrogen-bond acceptors (Lipinski definition) is 4. The molecular weight excluding hydrogens is 220 g/mol. The van der Waals surface area contributed by atoms with E-state index in [0.29, 0.717) is 6.67 Å². The third-order valence-electron chi connectivity index (χ3n) is 2.99. The van der Waals surface area contributed by atoms with Gasteiger partial charge >= 0.3 is 8.56 Å². The summed E-state index contributed by atoms with van der Waals surface area (Å²) in [7, 11) is 1.71. The maximum absolute atomic E-state index is 5.44. The van der Waals surface area contributed by atoms with Gasteiger partial charge in [-0.05, 0) is 25.6 Å². The van der Waals surface area contributed by atoms with E-state index in [-0.39, 0.29) is 0 Å². The summed E-state index contributed by atoms with van der Waals surface area (Å²) < 4.78 is 10.9. The SMILES string of the molecule is CO[Si](C)(CCCCCCCNCN)OC. The highest BCUT2D eigenvalue weighted by Gasteiger charge is 2.27. The molecule has 0 saturated carbocycles. The first kappa shape index (κ1) is 16.1. The van der Waals surface area contributed by atoms with Crippen LogP contribution < -0.4 is 11.1 Å². The van der Waals surface area contributed by atoms with E-state index in [4.69, 9.17) is 14.6 Å². The van der Waals surface area contributed by atoms with Crippen molar-refractivity contribution in [3.05, 3.63) is 0 Å². The van der Waals surface area contributed by atoms with Crippen LogP contribution in [0.5, 0.6) is 0 Å². The summed E-state index contributed by atoms with van der Waals surface area (Å²) in [4.78, 5) is 0. The molecule has 0 spiro atoms. The zero-order valence-electron chi connectivity index (χ0n) is 11.1. The van der Waals surface area contributed by atoms with Gasteiger partial charge in [0, 0.05) is 20.9 Å². The Morgan fingerprint density at radius 2 is 1.56 bits per heavy atom. The Morgan fingerprint density at radius 3 is 2.12 bits per heavy atom. The Hall–Kier alpha value is 0.0569. The number of hydrogen-bond donors (Lipinski definition) is 2. The fraction of sp³-hybridized carbons (Fsp3) is 1.00. The lowest BCUT2D eigenvalue weighted by Gasteiger charge is -2.22.